The van der Waals surface area contributed by atoms with E-state index in [1.807, 2.05) is 0 Å². The van der Waals surface area contributed by atoms with Crippen molar-refractivity contribution in [1.29, 1.82) is 0 Å². The van der Waals surface area contributed by atoms with Crippen LogP contribution in [0.5, 0.6) is 11.5 Å². The molecule has 0 aromatic heterocycles. The lowest BCUT2D eigenvalue weighted by atomic mass is 9.80. The second kappa shape index (κ2) is 8.70. The number of ether oxygens (including phenoxy) is 2. The molecule has 0 radical (unpaired) electrons. The van der Waals surface area contributed by atoms with Gasteiger partial charge in [-0.15, -0.1) is 0 Å². The van der Waals surface area contributed by atoms with Crippen molar-refractivity contribution >= 4 is 37.1 Å². The highest BCUT2D eigenvalue weighted by atomic mass is 32.2. The number of hydrogen-bond donors (Lipinski definition) is 2. The molecule has 188 valence electrons. The number of amides is 1. The number of hydrogen-bond acceptors (Lipinski definition) is 7. The molecular weight excluding hydrogens is 492 g/mol. The van der Waals surface area contributed by atoms with Crippen molar-refractivity contribution in [3.8, 4) is 11.5 Å². The second-order valence-electron chi connectivity index (χ2n) is 9.37. The lowest BCUT2D eigenvalue weighted by Crippen LogP contribution is -2.31. The normalized spacial score (nSPS) is 20.9. The summed E-state index contributed by atoms with van der Waals surface area (Å²) in [6.07, 6.45) is 3.49. The number of rotatable bonds is 6. The number of benzene rings is 2. The molecule has 0 unspecified atom stereocenters. The first kappa shape index (κ1) is 23.9. The lowest BCUT2D eigenvalue weighted by Gasteiger charge is -2.26. The Morgan fingerprint density at radius 2 is 1.74 bits per heavy atom. The van der Waals surface area contributed by atoms with Gasteiger partial charge in [-0.2, -0.15) is 0 Å². The Balaban J connectivity index is 1.54. The summed E-state index contributed by atoms with van der Waals surface area (Å²) in [5.41, 5.74) is 0.829. The molecule has 1 amide bonds. The predicted octanol–water partition coefficient (Wildman–Crippen LogP) is 3.22. The average Bonchev–Trinajstić information content (AvgIpc) is 3.42. The molecule has 1 spiro atoms. The highest BCUT2D eigenvalue weighted by Gasteiger charge is 2.50. The third-order valence-corrected chi connectivity index (χ3v) is 10.3. The molecule has 2 aromatic carbocycles. The Bertz CT molecular complexity index is 1370. The first-order valence-corrected chi connectivity index (χ1v) is 15.0. The molecule has 9 nitrogen and oxygen atoms in total. The van der Waals surface area contributed by atoms with Crippen molar-refractivity contribution in [2.24, 2.45) is 0 Å². The Morgan fingerprint density at radius 3 is 2.43 bits per heavy atom. The number of carbonyl (C=O) groups is 1. The first-order chi connectivity index (χ1) is 16.6. The van der Waals surface area contributed by atoms with Gasteiger partial charge in [0.1, 0.15) is 22.5 Å². The van der Waals surface area contributed by atoms with Crippen LogP contribution in [0.1, 0.15) is 44.1 Å². The molecular formula is C24H28N2O7S2. The van der Waals surface area contributed by atoms with Crippen molar-refractivity contribution in [2.75, 3.05) is 28.7 Å². The van der Waals surface area contributed by atoms with E-state index >= 15 is 0 Å². The molecule has 35 heavy (non-hydrogen) atoms. The number of anilines is 2. The molecule has 1 saturated heterocycles. The van der Waals surface area contributed by atoms with Crippen LogP contribution in [0.3, 0.4) is 0 Å². The number of fused-ring (bicyclic) bond motifs is 2. The Morgan fingerprint density at radius 1 is 1.06 bits per heavy atom. The van der Waals surface area contributed by atoms with Crippen molar-refractivity contribution in [2.45, 2.75) is 54.9 Å². The van der Waals surface area contributed by atoms with E-state index in [1.165, 1.54) is 13.2 Å². The van der Waals surface area contributed by atoms with Gasteiger partial charge >= 0.3 is 0 Å². The van der Waals surface area contributed by atoms with Crippen LogP contribution in [0.15, 0.2) is 41.3 Å². The largest absolute Gasteiger partial charge is 0.495 e. The maximum absolute atomic E-state index is 13.3. The minimum Gasteiger partial charge on any atom is -0.495 e. The third kappa shape index (κ3) is 4.35. The lowest BCUT2D eigenvalue weighted by molar-refractivity contribution is -0.120. The summed E-state index contributed by atoms with van der Waals surface area (Å²) >= 11 is 0. The van der Waals surface area contributed by atoms with Gasteiger partial charge in [-0.05, 0) is 49.4 Å². The van der Waals surface area contributed by atoms with Crippen molar-refractivity contribution < 1.29 is 31.1 Å². The van der Waals surface area contributed by atoms with E-state index in [0.717, 1.165) is 18.4 Å². The van der Waals surface area contributed by atoms with E-state index in [9.17, 15) is 21.6 Å². The Hall–Kier alpha value is -2.79. The van der Waals surface area contributed by atoms with E-state index in [0.29, 0.717) is 37.1 Å². The Labute approximate surface area is 205 Å². The van der Waals surface area contributed by atoms with E-state index in [-0.39, 0.29) is 39.8 Å². The molecule has 1 aliphatic carbocycles. The molecule has 2 aromatic rings. The third-order valence-electron chi connectivity index (χ3n) is 7.15. The SMILES string of the molecule is COc1ccccc1S(=O)(=O)Nc1cc(OC2CCS(=O)(=O)CC2)c2c(c1)C1(CCCC1)C(=O)N2. The van der Waals surface area contributed by atoms with Crippen LogP contribution < -0.4 is 19.5 Å². The highest BCUT2D eigenvalue weighted by Crippen LogP contribution is 2.53. The van der Waals surface area contributed by atoms with Crippen molar-refractivity contribution in [3.63, 3.8) is 0 Å². The molecule has 5 rings (SSSR count). The number of para-hydroxylation sites is 1. The summed E-state index contributed by atoms with van der Waals surface area (Å²) in [7, 11) is -5.67. The number of methoxy groups -OCH3 is 1. The standard InChI is InChI=1S/C24H28N2O7S2/c1-32-19-6-2-3-7-21(19)35(30,31)26-16-14-18-22(25-23(27)24(18)10-4-5-11-24)20(15-16)33-17-8-12-34(28,29)13-9-17/h2-3,6-7,14-15,17,26H,4-5,8-13H2,1H3,(H,25,27). The second-order valence-corrected chi connectivity index (χ2v) is 13.3. The van der Waals surface area contributed by atoms with Crippen molar-refractivity contribution in [3.05, 3.63) is 42.0 Å². The van der Waals surface area contributed by atoms with E-state index in [4.69, 9.17) is 9.47 Å². The summed E-state index contributed by atoms with van der Waals surface area (Å²) < 4.78 is 64.3. The van der Waals surface area contributed by atoms with Gasteiger partial charge in [-0.1, -0.05) is 25.0 Å². The highest BCUT2D eigenvalue weighted by molar-refractivity contribution is 7.92. The van der Waals surface area contributed by atoms with Gasteiger partial charge in [-0.25, -0.2) is 16.8 Å². The summed E-state index contributed by atoms with van der Waals surface area (Å²) in [5.74, 6) is 0.532. The zero-order valence-corrected chi connectivity index (χ0v) is 21.0. The van der Waals surface area contributed by atoms with Gasteiger partial charge in [0.2, 0.25) is 5.91 Å². The molecule has 0 bridgehead atoms. The summed E-state index contributed by atoms with van der Waals surface area (Å²) in [5, 5.41) is 2.97. The molecule has 1 saturated carbocycles. The van der Waals surface area contributed by atoms with Crippen molar-refractivity contribution in [1.82, 2.24) is 0 Å². The quantitative estimate of drug-likeness (QED) is 0.599. The minimum atomic E-state index is -4.00. The van der Waals surface area contributed by atoms with Gasteiger partial charge in [0.15, 0.2) is 9.84 Å². The molecule has 2 aliphatic heterocycles. The number of carbonyl (C=O) groups excluding carboxylic acids is 1. The Kier molecular flexibility index (Phi) is 5.95. The fraction of sp³-hybridized carbons (Fsp3) is 0.458. The van der Waals surface area contributed by atoms with Crippen LogP contribution in [-0.4, -0.2) is 47.5 Å². The zero-order valence-electron chi connectivity index (χ0n) is 19.4. The predicted molar refractivity (Wildman–Crippen MR) is 131 cm³/mol. The van der Waals surface area contributed by atoms with Crippen LogP contribution in [0.4, 0.5) is 11.4 Å². The van der Waals surface area contributed by atoms with Crippen LogP contribution in [0.2, 0.25) is 0 Å². The van der Waals surface area contributed by atoms with Gasteiger partial charge in [0, 0.05) is 6.07 Å². The maximum Gasteiger partial charge on any atom is 0.265 e. The molecule has 3 aliphatic rings. The van der Waals surface area contributed by atoms with Gasteiger partial charge in [0.05, 0.1) is 35.4 Å². The number of nitrogens with one attached hydrogen (secondary N) is 2. The summed E-state index contributed by atoms with van der Waals surface area (Å²) in [4.78, 5) is 13.1. The van der Waals surface area contributed by atoms with Gasteiger partial charge in [-0.3, -0.25) is 9.52 Å². The fourth-order valence-corrected chi connectivity index (χ4v) is 7.98. The molecule has 2 heterocycles. The molecule has 0 atom stereocenters. The summed E-state index contributed by atoms with van der Waals surface area (Å²) in [6, 6.07) is 9.59. The van der Waals surface area contributed by atoms with E-state index < -0.39 is 25.3 Å². The number of sulfone groups is 1. The average molecular weight is 521 g/mol. The monoisotopic (exact) mass is 520 g/mol. The summed E-state index contributed by atoms with van der Waals surface area (Å²) in [6.45, 7) is 0. The smallest absolute Gasteiger partial charge is 0.265 e. The fourth-order valence-electron chi connectivity index (χ4n) is 5.32. The van der Waals surface area contributed by atoms with Gasteiger partial charge < -0.3 is 14.8 Å². The van der Waals surface area contributed by atoms with Crippen LogP contribution >= 0.6 is 0 Å². The molecule has 2 fully saturated rings. The maximum atomic E-state index is 13.3. The zero-order chi connectivity index (χ0) is 24.8. The van der Waals surface area contributed by atoms with E-state index in [2.05, 4.69) is 10.0 Å². The number of sulfonamides is 1. The van der Waals surface area contributed by atoms with E-state index in [1.54, 1.807) is 30.3 Å². The topological polar surface area (TPSA) is 128 Å². The van der Waals surface area contributed by atoms with Crippen LogP contribution in [0, 0.1) is 0 Å². The molecule has 11 heteroatoms. The van der Waals surface area contributed by atoms with Gasteiger partial charge in [0.25, 0.3) is 10.0 Å². The molecule has 2 N–H and O–H groups in total. The minimum absolute atomic E-state index is 0.00673. The van der Waals surface area contributed by atoms with Crippen LogP contribution in [0.25, 0.3) is 0 Å². The van der Waals surface area contributed by atoms with Crippen LogP contribution in [-0.2, 0) is 30.1 Å². The first-order valence-electron chi connectivity index (χ1n) is 11.7.